The molecule has 0 saturated heterocycles. The maximum Gasteiger partial charge on any atom is 0.194 e. The van der Waals surface area contributed by atoms with E-state index in [2.05, 4.69) is 0 Å². The van der Waals surface area contributed by atoms with Crippen molar-refractivity contribution in [2.75, 3.05) is 13.2 Å². The zero-order valence-electron chi connectivity index (χ0n) is 10.7. The Morgan fingerprint density at radius 2 is 1.62 bits per heavy atom. The molecule has 0 amide bonds. The Morgan fingerprint density at radius 3 is 2.38 bits per heavy atom. The fourth-order valence-electron chi connectivity index (χ4n) is 2.13. The van der Waals surface area contributed by atoms with E-state index in [1.54, 1.807) is 18.2 Å². The van der Waals surface area contributed by atoms with Gasteiger partial charge in [0, 0.05) is 5.56 Å². The quantitative estimate of drug-likeness (QED) is 0.611. The van der Waals surface area contributed by atoms with Gasteiger partial charge in [-0.15, -0.1) is 11.6 Å². The van der Waals surface area contributed by atoms with E-state index in [-0.39, 0.29) is 5.56 Å². The minimum absolute atomic E-state index is 0.132. The van der Waals surface area contributed by atoms with Crippen molar-refractivity contribution in [3.63, 3.8) is 0 Å². The van der Waals surface area contributed by atoms with E-state index >= 15 is 0 Å². The number of halogens is 4. The number of fused-ring (bicyclic) bond motifs is 1. The number of hydrogen-bond donors (Lipinski definition) is 0. The Morgan fingerprint density at radius 1 is 0.905 bits per heavy atom. The van der Waals surface area contributed by atoms with E-state index in [9.17, 15) is 13.2 Å². The van der Waals surface area contributed by atoms with E-state index in [0.29, 0.717) is 30.3 Å². The van der Waals surface area contributed by atoms with Crippen LogP contribution in [0.4, 0.5) is 13.2 Å². The molecule has 0 aliphatic carbocycles. The van der Waals surface area contributed by atoms with Crippen molar-refractivity contribution in [3.05, 3.63) is 58.9 Å². The molecule has 6 heteroatoms. The van der Waals surface area contributed by atoms with Crippen molar-refractivity contribution >= 4 is 11.6 Å². The van der Waals surface area contributed by atoms with Crippen molar-refractivity contribution in [2.24, 2.45) is 0 Å². The molecular formula is C15H10ClF3O2. The molecule has 0 aromatic heterocycles. The lowest BCUT2D eigenvalue weighted by Crippen LogP contribution is -2.15. The molecule has 1 heterocycles. The monoisotopic (exact) mass is 314 g/mol. The van der Waals surface area contributed by atoms with Crippen LogP contribution < -0.4 is 9.47 Å². The van der Waals surface area contributed by atoms with Crippen molar-refractivity contribution in [1.82, 2.24) is 0 Å². The number of alkyl halides is 1. The van der Waals surface area contributed by atoms with Crippen LogP contribution in [0.25, 0.3) is 0 Å². The summed E-state index contributed by atoms with van der Waals surface area (Å²) in [7, 11) is 0. The highest BCUT2D eigenvalue weighted by molar-refractivity contribution is 6.22. The fraction of sp³-hybridized carbons (Fsp3) is 0.200. The van der Waals surface area contributed by atoms with Gasteiger partial charge in [-0.1, -0.05) is 12.1 Å². The lowest BCUT2D eigenvalue weighted by atomic mass is 10.0. The second-order valence-electron chi connectivity index (χ2n) is 4.53. The first kappa shape index (κ1) is 14.1. The minimum atomic E-state index is -1.53. The topological polar surface area (TPSA) is 18.5 Å². The van der Waals surface area contributed by atoms with E-state index in [0.717, 1.165) is 12.1 Å². The molecule has 110 valence electrons. The summed E-state index contributed by atoms with van der Waals surface area (Å²) in [5, 5.41) is -0.962. The third-order valence-electron chi connectivity index (χ3n) is 3.20. The summed E-state index contributed by atoms with van der Waals surface area (Å²) in [4.78, 5) is 0. The summed E-state index contributed by atoms with van der Waals surface area (Å²) in [5.41, 5.74) is 0.373. The summed E-state index contributed by atoms with van der Waals surface area (Å²) >= 11 is 6.18. The maximum atomic E-state index is 13.8. The van der Waals surface area contributed by atoms with Crippen molar-refractivity contribution < 1.29 is 22.6 Å². The molecule has 0 N–H and O–H groups in total. The Balaban J connectivity index is 1.99. The fourth-order valence-corrected chi connectivity index (χ4v) is 2.44. The number of ether oxygens (including phenoxy) is 2. The van der Waals surface area contributed by atoms with E-state index in [1.807, 2.05) is 0 Å². The average molecular weight is 315 g/mol. The van der Waals surface area contributed by atoms with Gasteiger partial charge in [-0.25, -0.2) is 13.2 Å². The van der Waals surface area contributed by atoms with Crippen LogP contribution in [0.3, 0.4) is 0 Å². The Hall–Kier alpha value is -1.88. The van der Waals surface area contributed by atoms with Crippen molar-refractivity contribution in [1.29, 1.82) is 0 Å². The SMILES string of the molecule is Fc1ccc(C(Cl)c2ccc3c(c2)OCCO3)c(F)c1F. The van der Waals surface area contributed by atoms with Crippen LogP contribution in [0.2, 0.25) is 0 Å². The van der Waals surface area contributed by atoms with Gasteiger partial charge in [-0.2, -0.15) is 0 Å². The molecule has 0 radical (unpaired) electrons. The van der Waals surface area contributed by atoms with E-state index in [4.69, 9.17) is 21.1 Å². The predicted molar refractivity (Wildman–Crippen MR) is 71.4 cm³/mol. The molecule has 0 spiro atoms. The zero-order chi connectivity index (χ0) is 15.0. The van der Waals surface area contributed by atoms with Crippen LogP contribution >= 0.6 is 11.6 Å². The molecule has 0 saturated carbocycles. The van der Waals surface area contributed by atoms with Crippen LogP contribution in [0.5, 0.6) is 11.5 Å². The van der Waals surface area contributed by atoms with Gasteiger partial charge < -0.3 is 9.47 Å². The van der Waals surface area contributed by atoms with Crippen LogP contribution in [0.1, 0.15) is 16.5 Å². The first-order valence-corrected chi connectivity index (χ1v) is 6.68. The molecule has 1 unspecified atom stereocenters. The minimum Gasteiger partial charge on any atom is -0.486 e. The summed E-state index contributed by atoms with van der Waals surface area (Å²) in [6.07, 6.45) is 0. The zero-order valence-corrected chi connectivity index (χ0v) is 11.5. The second kappa shape index (κ2) is 5.48. The third-order valence-corrected chi connectivity index (χ3v) is 3.68. The van der Waals surface area contributed by atoms with E-state index < -0.39 is 22.8 Å². The summed E-state index contributed by atoms with van der Waals surface area (Å²) < 4.78 is 50.8. The highest BCUT2D eigenvalue weighted by Gasteiger charge is 2.22. The molecule has 1 aliphatic rings. The standard InChI is InChI=1S/C15H10ClF3O2/c16-13(9-2-3-10(17)15(19)14(9)18)8-1-4-11-12(7-8)21-6-5-20-11/h1-4,7,13H,5-6H2. The average Bonchev–Trinajstić information content (AvgIpc) is 2.52. The Bertz CT molecular complexity index is 691. The molecule has 2 aromatic rings. The second-order valence-corrected chi connectivity index (χ2v) is 4.97. The van der Waals surface area contributed by atoms with E-state index in [1.165, 1.54) is 0 Å². The van der Waals surface area contributed by atoms with Gasteiger partial charge in [-0.05, 0) is 23.8 Å². The summed E-state index contributed by atoms with van der Waals surface area (Å²) in [5.74, 6) is -3.00. The molecule has 3 rings (SSSR count). The molecule has 2 aromatic carbocycles. The Kier molecular flexibility index (Phi) is 3.68. The van der Waals surface area contributed by atoms with Gasteiger partial charge in [0.15, 0.2) is 29.0 Å². The predicted octanol–water partition coefficient (Wildman–Crippen LogP) is 4.20. The molecule has 21 heavy (non-hydrogen) atoms. The number of benzene rings is 2. The lowest BCUT2D eigenvalue weighted by Gasteiger charge is -2.20. The smallest absolute Gasteiger partial charge is 0.194 e. The molecular weight excluding hydrogens is 305 g/mol. The normalized spacial score (nSPS) is 14.9. The molecule has 1 aliphatic heterocycles. The van der Waals surface area contributed by atoms with Crippen LogP contribution in [-0.4, -0.2) is 13.2 Å². The van der Waals surface area contributed by atoms with Gasteiger partial charge in [0.2, 0.25) is 0 Å². The summed E-state index contributed by atoms with van der Waals surface area (Å²) in [6.45, 7) is 0.859. The molecule has 1 atom stereocenters. The van der Waals surface area contributed by atoms with Gasteiger partial charge in [0.05, 0.1) is 5.38 Å². The Labute approximate surface area is 124 Å². The van der Waals surface area contributed by atoms with Crippen molar-refractivity contribution in [2.45, 2.75) is 5.38 Å². The highest BCUT2D eigenvalue weighted by Crippen LogP contribution is 2.38. The summed E-state index contributed by atoms with van der Waals surface area (Å²) in [6, 6.07) is 6.86. The van der Waals surface area contributed by atoms with Gasteiger partial charge in [0.25, 0.3) is 0 Å². The largest absolute Gasteiger partial charge is 0.486 e. The third kappa shape index (κ3) is 2.53. The highest BCUT2D eigenvalue weighted by atomic mass is 35.5. The van der Waals surface area contributed by atoms with Gasteiger partial charge >= 0.3 is 0 Å². The van der Waals surface area contributed by atoms with Gasteiger partial charge in [-0.3, -0.25) is 0 Å². The number of hydrogen-bond acceptors (Lipinski definition) is 2. The molecule has 0 fully saturated rings. The first-order valence-electron chi connectivity index (χ1n) is 6.25. The number of rotatable bonds is 2. The van der Waals surface area contributed by atoms with Crippen LogP contribution in [0, 0.1) is 17.5 Å². The molecule has 0 bridgehead atoms. The maximum absolute atomic E-state index is 13.8. The van der Waals surface area contributed by atoms with Crippen molar-refractivity contribution in [3.8, 4) is 11.5 Å². The van der Waals surface area contributed by atoms with Crippen LogP contribution in [0.15, 0.2) is 30.3 Å². The van der Waals surface area contributed by atoms with Crippen LogP contribution in [-0.2, 0) is 0 Å². The first-order chi connectivity index (χ1) is 10.1. The van der Waals surface area contributed by atoms with Gasteiger partial charge in [0.1, 0.15) is 13.2 Å². The molecule has 2 nitrogen and oxygen atoms in total. The lowest BCUT2D eigenvalue weighted by molar-refractivity contribution is 0.171.